The first-order valence-corrected chi connectivity index (χ1v) is 8.94. The predicted molar refractivity (Wildman–Crippen MR) is 100 cm³/mol. The van der Waals surface area contributed by atoms with Gasteiger partial charge in [0.2, 0.25) is 11.8 Å². The number of benzene rings is 2. The van der Waals surface area contributed by atoms with E-state index in [0.717, 1.165) is 21.4 Å². The second-order valence-electron chi connectivity index (χ2n) is 6.43. The highest BCUT2D eigenvalue weighted by Crippen LogP contribution is 2.49. The maximum Gasteiger partial charge on any atom is 0.240 e. The monoisotopic (exact) mass is 408 g/mol. The lowest BCUT2D eigenvalue weighted by Crippen LogP contribution is -2.43. The highest BCUT2D eigenvalue weighted by molar-refractivity contribution is 9.10. The molecule has 2 aromatic carbocycles. The molecule has 128 valence electrons. The summed E-state index contributed by atoms with van der Waals surface area (Å²) < 4.78 is 2.61. The Hall–Kier alpha value is -2.93. The SMILES string of the molecule is O=C1C[C@@]2(C(=O)Nc3ccccc32)c2cnn(-c3ccc(Br)cc3)c2N1. The van der Waals surface area contributed by atoms with Gasteiger partial charge in [-0.2, -0.15) is 5.10 Å². The van der Waals surface area contributed by atoms with E-state index in [4.69, 9.17) is 0 Å². The van der Waals surface area contributed by atoms with Crippen LogP contribution in [-0.4, -0.2) is 21.6 Å². The van der Waals surface area contributed by atoms with Crippen LogP contribution in [-0.2, 0) is 15.0 Å². The van der Waals surface area contributed by atoms with Gasteiger partial charge in [-0.25, -0.2) is 4.68 Å². The van der Waals surface area contributed by atoms with E-state index >= 15 is 0 Å². The molecule has 5 rings (SSSR count). The number of para-hydroxylation sites is 1. The molecule has 2 aliphatic heterocycles. The number of rotatable bonds is 1. The number of carbonyl (C=O) groups excluding carboxylic acids is 2. The quantitative estimate of drug-likeness (QED) is 0.648. The summed E-state index contributed by atoms with van der Waals surface area (Å²) in [6.07, 6.45) is 1.74. The number of carbonyl (C=O) groups is 2. The average molecular weight is 409 g/mol. The summed E-state index contributed by atoms with van der Waals surface area (Å²) in [5.41, 5.74) is 2.04. The molecule has 1 spiro atoms. The number of amides is 2. The lowest BCUT2D eigenvalue weighted by atomic mass is 9.72. The van der Waals surface area contributed by atoms with Gasteiger partial charge in [0, 0.05) is 22.1 Å². The summed E-state index contributed by atoms with van der Waals surface area (Å²) in [5, 5.41) is 10.3. The fourth-order valence-electron chi connectivity index (χ4n) is 3.83. The molecule has 0 fully saturated rings. The Morgan fingerprint density at radius 2 is 1.77 bits per heavy atom. The Morgan fingerprint density at radius 1 is 1.00 bits per heavy atom. The maximum absolute atomic E-state index is 13.0. The molecule has 2 amide bonds. The van der Waals surface area contributed by atoms with Crippen LogP contribution in [0.15, 0.2) is 59.2 Å². The molecule has 3 heterocycles. The minimum Gasteiger partial charge on any atom is -0.325 e. The van der Waals surface area contributed by atoms with E-state index < -0.39 is 5.41 Å². The standard InChI is InChI=1S/C19H13BrN4O2/c20-11-5-7-12(8-6-11)24-17-14(10-21-24)19(9-16(25)23-17)13-3-1-2-4-15(13)22-18(19)26/h1-8,10H,9H2,(H,22,26)(H,23,25)/t19-/m0/s1. The molecule has 1 aromatic heterocycles. The van der Waals surface area contributed by atoms with E-state index in [1.54, 1.807) is 10.9 Å². The van der Waals surface area contributed by atoms with Crippen LogP contribution in [0, 0.1) is 0 Å². The van der Waals surface area contributed by atoms with Gasteiger partial charge in [-0.3, -0.25) is 9.59 Å². The Kier molecular flexibility index (Phi) is 3.12. The number of aromatic nitrogens is 2. The predicted octanol–water partition coefficient (Wildman–Crippen LogP) is 3.22. The van der Waals surface area contributed by atoms with Crippen LogP contribution in [0.2, 0.25) is 0 Å². The minimum atomic E-state index is -1.04. The number of anilines is 2. The summed E-state index contributed by atoms with van der Waals surface area (Å²) in [6, 6.07) is 15.1. The molecule has 7 heteroatoms. The average Bonchev–Trinajstić information content (AvgIpc) is 3.16. The normalized spacial score (nSPS) is 20.5. The van der Waals surface area contributed by atoms with Gasteiger partial charge in [0.25, 0.3) is 0 Å². The second kappa shape index (κ2) is 5.28. The van der Waals surface area contributed by atoms with Gasteiger partial charge < -0.3 is 10.6 Å². The highest BCUT2D eigenvalue weighted by atomic mass is 79.9. The largest absolute Gasteiger partial charge is 0.325 e. The molecule has 3 aromatic rings. The molecule has 0 unspecified atom stereocenters. The van der Waals surface area contributed by atoms with Gasteiger partial charge in [0.05, 0.1) is 11.9 Å². The number of hydrogen-bond acceptors (Lipinski definition) is 3. The van der Waals surface area contributed by atoms with Crippen LogP contribution < -0.4 is 10.6 Å². The highest BCUT2D eigenvalue weighted by Gasteiger charge is 2.54. The van der Waals surface area contributed by atoms with Crippen molar-refractivity contribution in [3.05, 3.63) is 70.3 Å². The third kappa shape index (κ3) is 1.94. The van der Waals surface area contributed by atoms with Crippen molar-refractivity contribution in [1.29, 1.82) is 0 Å². The Balaban J connectivity index is 1.75. The van der Waals surface area contributed by atoms with E-state index in [2.05, 4.69) is 31.7 Å². The Morgan fingerprint density at radius 3 is 2.58 bits per heavy atom. The van der Waals surface area contributed by atoms with Crippen LogP contribution in [0.5, 0.6) is 0 Å². The van der Waals surface area contributed by atoms with E-state index in [0.29, 0.717) is 11.4 Å². The number of hydrogen-bond donors (Lipinski definition) is 2. The molecule has 0 saturated carbocycles. The number of fused-ring (bicyclic) bond motifs is 4. The molecule has 6 nitrogen and oxygen atoms in total. The van der Waals surface area contributed by atoms with Crippen molar-refractivity contribution in [1.82, 2.24) is 9.78 Å². The molecule has 0 saturated heterocycles. The van der Waals surface area contributed by atoms with Gasteiger partial charge in [-0.05, 0) is 35.9 Å². The van der Waals surface area contributed by atoms with Gasteiger partial charge >= 0.3 is 0 Å². The zero-order chi connectivity index (χ0) is 17.9. The zero-order valence-corrected chi connectivity index (χ0v) is 15.1. The fraction of sp³-hybridized carbons (Fsp3) is 0.105. The summed E-state index contributed by atoms with van der Waals surface area (Å²) in [7, 11) is 0. The summed E-state index contributed by atoms with van der Waals surface area (Å²) in [4.78, 5) is 25.5. The molecular formula is C19H13BrN4O2. The zero-order valence-electron chi connectivity index (χ0n) is 13.5. The molecule has 2 N–H and O–H groups in total. The number of nitrogens with one attached hydrogen (secondary N) is 2. The minimum absolute atomic E-state index is 0.0644. The molecule has 0 aliphatic carbocycles. The topological polar surface area (TPSA) is 76.0 Å². The van der Waals surface area contributed by atoms with Crippen molar-refractivity contribution >= 4 is 39.2 Å². The van der Waals surface area contributed by atoms with Crippen molar-refractivity contribution in [2.24, 2.45) is 0 Å². The van der Waals surface area contributed by atoms with Gasteiger partial charge in [-0.15, -0.1) is 0 Å². The second-order valence-corrected chi connectivity index (χ2v) is 7.34. The van der Waals surface area contributed by atoms with E-state index in [-0.39, 0.29) is 18.2 Å². The molecule has 26 heavy (non-hydrogen) atoms. The number of nitrogens with zero attached hydrogens (tertiary/aromatic N) is 2. The third-order valence-electron chi connectivity index (χ3n) is 5.01. The van der Waals surface area contributed by atoms with Crippen LogP contribution in [0.4, 0.5) is 11.5 Å². The first-order chi connectivity index (χ1) is 12.6. The molecule has 2 aliphatic rings. The van der Waals surface area contributed by atoms with E-state index in [1.807, 2.05) is 48.5 Å². The summed E-state index contributed by atoms with van der Waals surface area (Å²) >= 11 is 3.42. The smallest absolute Gasteiger partial charge is 0.240 e. The van der Waals surface area contributed by atoms with E-state index in [9.17, 15) is 9.59 Å². The molecule has 0 radical (unpaired) electrons. The summed E-state index contributed by atoms with van der Waals surface area (Å²) in [6.45, 7) is 0. The number of halogens is 1. The maximum atomic E-state index is 13.0. The lowest BCUT2D eigenvalue weighted by molar-refractivity contribution is -0.125. The van der Waals surface area contributed by atoms with Crippen molar-refractivity contribution in [3.63, 3.8) is 0 Å². The van der Waals surface area contributed by atoms with Crippen LogP contribution >= 0.6 is 15.9 Å². The first kappa shape index (κ1) is 15.3. The van der Waals surface area contributed by atoms with Crippen LogP contribution in [0.3, 0.4) is 0 Å². The van der Waals surface area contributed by atoms with Crippen LogP contribution in [0.1, 0.15) is 17.5 Å². The Labute approximate surface area is 157 Å². The molecule has 1 atom stereocenters. The van der Waals surface area contributed by atoms with Crippen molar-refractivity contribution < 1.29 is 9.59 Å². The van der Waals surface area contributed by atoms with Crippen molar-refractivity contribution in [2.45, 2.75) is 11.8 Å². The molecule has 0 bridgehead atoms. The first-order valence-electron chi connectivity index (χ1n) is 8.15. The fourth-order valence-corrected chi connectivity index (χ4v) is 4.09. The van der Waals surface area contributed by atoms with Crippen LogP contribution in [0.25, 0.3) is 5.69 Å². The lowest BCUT2D eigenvalue weighted by Gasteiger charge is -2.31. The van der Waals surface area contributed by atoms with Gasteiger partial charge in [-0.1, -0.05) is 34.1 Å². The van der Waals surface area contributed by atoms with Gasteiger partial charge in [0.15, 0.2) is 0 Å². The van der Waals surface area contributed by atoms with Crippen molar-refractivity contribution in [3.8, 4) is 5.69 Å². The molecular weight excluding hydrogens is 396 g/mol. The Bertz CT molecular complexity index is 1070. The van der Waals surface area contributed by atoms with Gasteiger partial charge in [0.1, 0.15) is 11.2 Å². The van der Waals surface area contributed by atoms with E-state index in [1.165, 1.54) is 0 Å². The van der Waals surface area contributed by atoms with Crippen molar-refractivity contribution in [2.75, 3.05) is 10.6 Å². The third-order valence-corrected chi connectivity index (χ3v) is 5.54. The summed E-state index contributed by atoms with van der Waals surface area (Å²) in [5.74, 6) is 0.142.